The molecule has 1 unspecified atom stereocenters. The number of benzene rings is 1. The summed E-state index contributed by atoms with van der Waals surface area (Å²) in [5, 5.41) is 10.0. The van der Waals surface area contributed by atoms with Crippen LogP contribution in [0, 0.1) is 5.92 Å². The first-order chi connectivity index (χ1) is 16.8. The molecule has 3 amide bonds. The van der Waals surface area contributed by atoms with Gasteiger partial charge < -0.3 is 19.0 Å². The van der Waals surface area contributed by atoms with E-state index in [0.29, 0.717) is 44.4 Å². The molecule has 0 aliphatic carbocycles. The quantitative estimate of drug-likeness (QED) is 0.613. The van der Waals surface area contributed by atoms with Gasteiger partial charge in [0.05, 0.1) is 6.04 Å². The predicted molar refractivity (Wildman–Crippen MR) is 125 cm³/mol. The molecule has 3 fully saturated rings. The molecule has 3 aliphatic rings. The SMILES string of the molecule is CC(C)(C)OC(=O)N1CCC(Cc2nnc([C@@H]3CC[C@@H]4CN3C(=O)N4OCc3ccccc3)o2)C1. The number of hydroxylamine groups is 2. The zero-order chi connectivity index (χ0) is 24.6. The third-order valence-electron chi connectivity index (χ3n) is 6.70. The van der Waals surface area contributed by atoms with Gasteiger partial charge in [0.2, 0.25) is 11.8 Å². The summed E-state index contributed by atoms with van der Waals surface area (Å²) >= 11 is 0. The van der Waals surface area contributed by atoms with Gasteiger partial charge in [-0.15, -0.1) is 10.2 Å². The highest BCUT2D eigenvalue weighted by Crippen LogP contribution is 2.38. The number of piperidine rings is 1. The highest BCUT2D eigenvalue weighted by molar-refractivity contribution is 5.77. The molecule has 0 spiro atoms. The summed E-state index contributed by atoms with van der Waals surface area (Å²) in [6.45, 7) is 7.81. The van der Waals surface area contributed by atoms with Gasteiger partial charge in [-0.2, -0.15) is 5.06 Å². The number of nitrogens with zero attached hydrogens (tertiary/aromatic N) is 5. The number of carbonyl (C=O) groups excluding carboxylic acids is 2. The van der Waals surface area contributed by atoms with Crippen molar-refractivity contribution in [3.05, 3.63) is 47.7 Å². The van der Waals surface area contributed by atoms with Gasteiger partial charge in [-0.05, 0) is 51.5 Å². The van der Waals surface area contributed by atoms with E-state index in [4.69, 9.17) is 14.0 Å². The number of amides is 3. The number of urea groups is 1. The smallest absolute Gasteiger partial charge is 0.410 e. The predicted octanol–water partition coefficient (Wildman–Crippen LogP) is 3.94. The highest BCUT2D eigenvalue weighted by Gasteiger charge is 2.47. The van der Waals surface area contributed by atoms with Crippen molar-refractivity contribution in [2.45, 2.75) is 70.7 Å². The molecule has 3 atom stereocenters. The minimum atomic E-state index is -0.509. The molecule has 0 N–H and O–H groups in total. The number of carbonyl (C=O) groups is 2. The monoisotopic (exact) mass is 483 g/mol. The molecule has 2 bridgehead atoms. The lowest BCUT2D eigenvalue weighted by molar-refractivity contribution is -0.140. The number of aromatic nitrogens is 2. The van der Waals surface area contributed by atoms with E-state index in [1.807, 2.05) is 51.1 Å². The number of hydrogen-bond acceptors (Lipinski definition) is 7. The van der Waals surface area contributed by atoms with Gasteiger partial charge in [-0.3, -0.25) is 4.84 Å². The zero-order valence-electron chi connectivity index (χ0n) is 20.6. The summed E-state index contributed by atoms with van der Waals surface area (Å²) < 4.78 is 11.5. The van der Waals surface area contributed by atoms with Gasteiger partial charge in [-0.1, -0.05) is 30.3 Å². The minimum absolute atomic E-state index is 0.0298. The maximum atomic E-state index is 13.1. The van der Waals surface area contributed by atoms with Crippen molar-refractivity contribution in [1.29, 1.82) is 0 Å². The molecule has 0 saturated carbocycles. The zero-order valence-corrected chi connectivity index (χ0v) is 20.6. The van der Waals surface area contributed by atoms with Crippen molar-refractivity contribution in [1.82, 2.24) is 25.1 Å². The van der Waals surface area contributed by atoms with Gasteiger partial charge in [0.1, 0.15) is 18.2 Å². The Morgan fingerprint density at radius 1 is 1.11 bits per heavy atom. The molecule has 10 nitrogen and oxygen atoms in total. The standard InChI is InChI=1S/C25H33N5O5/c1-25(2,3)35-24(32)28-12-11-18(14-28)13-21-26-27-22(34-21)20-10-9-19-15-29(20)23(31)30(19)33-16-17-7-5-4-6-8-17/h4-8,18-20H,9-16H2,1-3H3/t18?,19-,20+/m1/s1. The van der Waals surface area contributed by atoms with Crippen LogP contribution < -0.4 is 0 Å². The summed E-state index contributed by atoms with van der Waals surface area (Å²) in [5.41, 5.74) is 0.511. The van der Waals surface area contributed by atoms with Crippen LogP contribution in [0.25, 0.3) is 0 Å². The van der Waals surface area contributed by atoms with Gasteiger partial charge in [0.15, 0.2) is 0 Å². The molecule has 1 aromatic heterocycles. The Balaban J connectivity index is 1.16. The molecular weight excluding hydrogens is 450 g/mol. The van der Waals surface area contributed by atoms with Gasteiger partial charge in [0.25, 0.3) is 0 Å². The van der Waals surface area contributed by atoms with E-state index in [-0.39, 0.29) is 30.1 Å². The average molecular weight is 484 g/mol. The fourth-order valence-electron chi connectivity index (χ4n) is 5.00. The molecule has 0 radical (unpaired) electrons. The summed E-state index contributed by atoms with van der Waals surface area (Å²) in [6.07, 6.45) is 2.74. The average Bonchev–Trinajstić information content (AvgIpc) is 3.53. The van der Waals surface area contributed by atoms with Crippen LogP contribution >= 0.6 is 0 Å². The van der Waals surface area contributed by atoms with E-state index >= 15 is 0 Å². The fourth-order valence-corrected chi connectivity index (χ4v) is 5.00. The van der Waals surface area contributed by atoms with Gasteiger partial charge >= 0.3 is 12.1 Å². The number of fused-ring (bicyclic) bond motifs is 2. The number of hydrogen-bond donors (Lipinski definition) is 0. The Morgan fingerprint density at radius 3 is 2.69 bits per heavy atom. The van der Waals surface area contributed by atoms with Crippen molar-refractivity contribution < 1.29 is 23.6 Å². The summed E-state index contributed by atoms with van der Waals surface area (Å²) in [5.74, 6) is 1.25. The first-order valence-electron chi connectivity index (χ1n) is 12.3. The van der Waals surface area contributed by atoms with Crippen molar-refractivity contribution in [3.8, 4) is 0 Å². The Bertz CT molecular complexity index is 1050. The number of rotatable bonds is 6. The molecule has 2 aromatic rings. The van der Waals surface area contributed by atoms with Crippen LogP contribution in [0.4, 0.5) is 9.59 Å². The Morgan fingerprint density at radius 2 is 1.91 bits per heavy atom. The lowest BCUT2D eigenvalue weighted by atomic mass is 10.0. The lowest BCUT2D eigenvalue weighted by Gasteiger charge is -2.27. The molecule has 4 heterocycles. The first-order valence-corrected chi connectivity index (χ1v) is 12.3. The Labute approximate surface area is 205 Å². The lowest BCUT2D eigenvalue weighted by Crippen LogP contribution is -2.35. The van der Waals surface area contributed by atoms with Crippen molar-refractivity contribution in [2.75, 3.05) is 19.6 Å². The number of likely N-dealkylation sites (tertiary alicyclic amines) is 1. The van der Waals surface area contributed by atoms with E-state index in [1.54, 1.807) is 9.80 Å². The van der Waals surface area contributed by atoms with E-state index < -0.39 is 5.60 Å². The highest BCUT2D eigenvalue weighted by atomic mass is 16.7. The maximum absolute atomic E-state index is 13.1. The molecule has 188 valence electrons. The number of ether oxygens (including phenoxy) is 1. The van der Waals surface area contributed by atoms with Crippen molar-refractivity contribution >= 4 is 12.1 Å². The minimum Gasteiger partial charge on any atom is -0.444 e. The molecule has 5 rings (SSSR count). The van der Waals surface area contributed by atoms with Crippen LogP contribution in [0.5, 0.6) is 0 Å². The molecule has 1 aromatic carbocycles. The van der Waals surface area contributed by atoms with E-state index in [0.717, 1.165) is 24.8 Å². The third kappa shape index (κ3) is 5.27. The largest absolute Gasteiger partial charge is 0.444 e. The summed E-state index contributed by atoms with van der Waals surface area (Å²) in [4.78, 5) is 34.8. The van der Waals surface area contributed by atoms with Crippen LogP contribution in [-0.4, -0.2) is 68.5 Å². The van der Waals surface area contributed by atoms with E-state index in [2.05, 4.69) is 10.2 Å². The van der Waals surface area contributed by atoms with E-state index in [1.165, 1.54) is 5.06 Å². The Kier molecular flexibility index (Phi) is 6.39. The first kappa shape index (κ1) is 23.6. The molecular formula is C25H33N5O5. The van der Waals surface area contributed by atoms with Crippen LogP contribution in [0.1, 0.15) is 63.4 Å². The summed E-state index contributed by atoms with van der Waals surface area (Å²) in [6, 6.07) is 9.45. The van der Waals surface area contributed by atoms with Crippen molar-refractivity contribution in [2.24, 2.45) is 5.92 Å². The third-order valence-corrected chi connectivity index (χ3v) is 6.70. The van der Waals surface area contributed by atoms with Crippen LogP contribution in [0.2, 0.25) is 0 Å². The second-order valence-corrected chi connectivity index (χ2v) is 10.6. The molecule has 10 heteroatoms. The maximum Gasteiger partial charge on any atom is 0.410 e. The molecule has 35 heavy (non-hydrogen) atoms. The van der Waals surface area contributed by atoms with Crippen LogP contribution in [0.3, 0.4) is 0 Å². The molecule has 3 aliphatic heterocycles. The van der Waals surface area contributed by atoms with Crippen LogP contribution in [0.15, 0.2) is 34.7 Å². The Hall–Kier alpha value is -3.14. The fraction of sp³-hybridized carbons (Fsp3) is 0.600. The van der Waals surface area contributed by atoms with Gasteiger partial charge in [-0.25, -0.2) is 9.59 Å². The topological polar surface area (TPSA) is 101 Å². The second kappa shape index (κ2) is 9.49. The molecule has 3 saturated heterocycles. The van der Waals surface area contributed by atoms with Gasteiger partial charge in [0, 0.05) is 26.1 Å². The summed E-state index contributed by atoms with van der Waals surface area (Å²) in [7, 11) is 0. The van der Waals surface area contributed by atoms with E-state index in [9.17, 15) is 9.59 Å². The normalized spacial score (nSPS) is 24.4. The van der Waals surface area contributed by atoms with Crippen molar-refractivity contribution in [3.63, 3.8) is 0 Å². The van der Waals surface area contributed by atoms with Crippen LogP contribution in [-0.2, 0) is 22.6 Å². The second-order valence-electron chi connectivity index (χ2n) is 10.6.